The van der Waals surface area contributed by atoms with Gasteiger partial charge in [-0.1, -0.05) is 52.0 Å². The van der Waals surface area contributed by atoms with E-state index in [1.165, 1.54) is 34.7 Å². The third kappa shape index (κ3) is 3.57. The average Bonchev–Trinajstić information content (AvgIpc) is 3.26. The van der Waals surface area contributed by atoms with Crippen molar-refractivity contribution in [1.82, 2.24) is 4.90 Å². The van der Waals surface area contributed by atoms with E-state index in [1.807, 2.05) is 6.07 Å². The van der Waals surface area contributed by atoms with Gasteiger partial charge in [0.1, 0.15) is 5.76 Å². The molecule has 1 aliphatic heterocycles. The van der Waals surface area contributed by atoms with E-state index >= 15 is 0 Å². The number of morpholine rings is 1. The molecule has 31 heavy (non-hydrogen) atoms. The van der Waals surface area contributed by atoms with Crippen LogP contribution < -0.4 is 0 Å². The first kappa shape index (κ1) is 20.3. The largest absolute Gasteiger partial charge is 0.451 e. The minimum Gasteiger partial charge on any atom is -0.451 e. The van der Waals surface area contributed by atoms with Gasteiger partial charge in [0, 0.05) is 18.7 Å². The third-order valence-electron chi connectivity index (χ3n) is 7.21. The first-order valence-corrected chi connectivity index (χ1v) is 11.3. The van der Waals surface area contributed by atoms with Crippen molar-refractivity contribution >= 4 is 16.7 Å². The van der Waals surface area contributed by atoms with Crippen molar-refractivity contribution in [3.8, 4) is 11.3 Å². The third-order valence-corrected chi connectivity index (χ3v) is 7.21. The highest BCUT2D eigenvalue weighted by Crippen LogP contribution is 2.47. The minimum atomic E-state index is -0.0617. The Morgan fingerprint density at radius 2 is 1.48 bits per heavy atom. The number of amides is 1. The number of carbonyl (C=O) groups is 1. The standard InChI is InChI=1S/C27H31NO3/c1-26(2)9-10-27(3,4)22-17-20-15-19(6-5-18(20)16-21(22)26)23-7-8-24(31-23)25(29)28-11-13-30-14-12-28/h5-8,15-17H,9-14H2,1-4H3. The molecular weight excluding hydrogens is 386 g/mol. The van der Waals surface area contributed by atoms with Gasteiger partial charge in [-0.3, -0.25) is 4.79 Å². The summed E-state index contributed by atoms with van der Waals surface area (Å²) in [5.41, 5.74) is 4.31. The smallest absolute Gasteiger partial charge is 0.289 e. The Hall–Kier alpha value is -2.59. The molecule has 0 bridgehead atoms. The van der Waals surface area contributed by atoms with Gasteiger partial charge in [-0.2, -0.15) is 0 Å². The predicted octanol–water partition coefficient (Wildman–Crippen LogP) is 5.92. The van der Waals surface area contributed by atoms with Gasteiger partial charge >= 0.3 is 0 Å². The summed E-state index contributed by atoms with van der Waals surface area (Å²) in [4.78, 5) is 14.5. The summed E-state index contributed by atoms with van der Waals surface area (Å²) < 4.78 is 11.3. The topological polar surface area (TPSA) is 42.7 Å². The van der Waals surface area contributed by atoms with E-state index in [2.05, 4.69) is 58.0 Å². The zero-order valence-electron chi connectivity index (χ0n) is 19.0. The molecule has 3 aromatic rings. The summed E-state index contributed by atoms with van der Waals surface area (Å²) in [5, 5.41) is 2.48. The summed E-state index contributed by atoms with van der Waals surface area (Å²) in [6, 6.07) is 14.9. The number of benzene rings is 2. The number of fused-ring (bicyclic) bond motifs is 2. The molecule has 1 aromatic heterocycles. The van der Waals surface area contributed by atoms with Gasteiger partial charge in [0.05, 0.1) is 13.2 Å². The van der Waals surface area contributed by atoms with Gasteiger partial charge in [0.2, 0.25) is 0 Å². The molecule has 0 radical (unpaired) electrons. The van der Waals surface area contributed by atoms with Crippen LogP contribution >= 0.6 is 0 Å². The van der Waals surface area contributed by atoms with E-state index in [4.69, 9.17) is 9.15 Å². The van der Waals surface area contributed by atoms with Crippen LogP contribution in [0, 0.1) is 0 Å². The minimum absolute atomic E-state index is 0.0617. The molecule has 5 rings (SSSR count). The van der Waals surface area contributed by atoms with Crippen LogP contribution in [0.4, 0.5) is 0 Å². The van der Waals surface area contributed by atoms with E-state index in [0.29, 0.717) is 32.1 Å². The van der Waals surface area contributed by atoms with Gasteiger partial charge in [0.15, 0.2) is 5.76 Å². The predicted molar refractivity (Wildman–Crippen MR) is 124 cm³/mol. The molecule has 1 fully saturated rings. The fraction of sp³-hybridized carbons (Fsp3) is 0.444. The van der Waals surface area contributed by atoms with Crippen LogP contribution in [0.25, 0.3) is 22.1 Å². The molecule has 4 heteroatoms. The number of carbonyl (C=O) groups excluding carboxylic acids is 1. The lowest BCUT2D eigenvalue weighted by Crippen LogP contribution is -2.40. The average molecular weight is 418 g/mol. The lowest BCUT2D eigenvalue weighted by molar-refractivity contribution is 0.0283. The van der Waals surface area contributed by atoms with Crippen molar-refractivity contribution in [2.45, 2.75) is 51.4 Å². The van der Waals surface area contributed by atoms with Crippen molar-refractivity contribution in [3.05, 3.63) is 59.4 Å². The zero-order valence-corrected chi connectivity index (χ0v) is 19.0. The van der Waals surface area contributed by atoms with E-state index in [0.717, 1.165) is 11.3 Å². The highest BCUT2D eigenvalue weighted by atomic mass is 16.5. The second kappa shape index (κ2) is 7.23. The molecule has 0 spiro atoms. The molecule has 1 aliphatic carbocycles. The van der Waals surface area contributed by atoms with Gasteiger partial charge in [-0.25, -0.2) is 0 Å². The molecule has 2 heterocycles. The molecule has 2 aromatic carbocycles. The molecule has 1 saturated heterocycles. The summed E-state index contributed by atoms with van der Waals surface area (Å²) >= 11 is 0. The van der Waals surface area contributed by atoms with Gasteiger partial charge in [-0.05, 0) is 63.8 Å². The number of nitrogens with zero attached hydrogens (tertiary/aromatic N) is 1. The Morgan fingerprint density at radius 3 is 2.16 bits per heavy atom. The second-order valence-corrected chi connectivity index (χ2v) is 10.3. The number of rotatable bonds is 2. The van der Waals surface area contributed by atoms with Gasteiger partial charge in [0.25, 0.3) is 5.91 Å². The number of ether oxygens (including phenoxy) is 1. The van der Waals surface area contributed by atoms with Crippen molar-refractivity contribution in [2.75, 3.05) is 26.3 Å². The van der Waals surface area contributed by atoms with Crippen molar-refractivity contribution in [3.63, 3.8) is 0 Å². The summed E-state index contributed by atoms with van der Waals surface area (Å²) in [5.74, 6) is 1.06. The number of hydrogen-bond donors (Lipinski definition) is 0. The van der Waals surface area contributed by atoms with Crippen LogP contribution in [0.5, 0.6) is 0 Å². The second-order valence-electron chi connectivity index (χ2n) is 10.3. The Bertz CT molecular complexity index is 1150. The molecule has 0 unspecified atom stereocenters. The Labute approximate surface area is 184 Å². The van der Waals surface area contributed by atoms with Gasteiger partial charge < -0.3 is 14.1 Å². The summed E-state index contributed by atoms with van der Waals surface area (Å²) in [6.07, 6.45) is 2.41. The van der Waals surface area contributed by atoms with Gasteiger partial charge in [-0.15, -0.1) is 0 Å². The van der Waals surface area contributed by atoms with E-state index in [-0.39, 0.29) is 16.7 Å². The molecule has 0 atom stereocenters. The van der Waals surface area contributed by atoms with E-state index in [9.17, 15) is 4.79 Å². The maximum Gasteiger partial charge on any atom is 0.289 e. The van der Waals surface area contributed by atoms with Crippen molar-refractivity contribution in [2.24, 2.45) is 0 Å². The SMILES string of the molecule is CC1(C)CCC(C)(C)c2cc3cc(-c4ccc(C(=O)N5CCOCC5)o4)ccc3cc21. The highest BCUT2D eigenvalue weighted by Gasteiger charge is 2.37. The number of hydrogen-bond acceptors (Lipinski definition) is 3. The van der Waals surface area contributed by atoms with Crippen LogP contribution in [0.2, 0.25) is 0 Å². The van der Waals surface area contributed by atoms with E-state index < -0.39 is 0 Å². The molecule has 1 amide bonds. The first-order valence-electron chi connectivity index (χ1n) is 11.3. The van der Waals surface area contributed by atoms with Crippen LogP contribution in [0.15, 0.2) is 46.9 Å². The Morgan fingerprint density at radius 1 is 0.839 bits per heavy atom. The fourth-order valence-corrected chi connectivity index (χ4v) is 5.00. The molecule has 2 aliphatic rings. The Balaban J connectivity index is 1.51. The van der Waals surface area contributed by atoms with Crippen LogP contribution in [-0.2, 0) is 15.6 Å². The van der Waals surface area contributed by atoms with Crippen molar-refractivity contribution < 1.29 is 13.9 Å². The Kier molecular flexibility index (Phi) is 4.74. The maximum atomic E-state index is 12.7. The van der Waals surface area contributed by atoms with Crippen molar-refractivity contribution in [1.29, 1.82) is 0 Å². The monoisotopic (exact) mass is 417 g/mol. The molecule has 4 nitrogen and oxygen atoms in total. The molecular formula is C27H31NO3. The quantitative estimate of drug-likeness (QED) is 0.520. The highest BCUT2D eigenvalue weighted by molar-refractivity contribution is 5.93. The number of furan rings is 1. The first-order chi connectivity index (χ1) is 14.7. The normalized spacial score (nSPS) is 19.9. The molecule has 0 saturated carbocycles. The lowest BCUT2D eigenvalue weighted by Gasteiger charge is -2.42. The van der Waals surface area contributed by atoms with Crippen LogP contribution in [-0.4, -0.2) is 37.1 Å². The van der Waals surface area contributed by atoms with Crippen LogP contribution in [0.3, 0.4) is 0 Å². The zero-order chi connectivity index (χ0) is 21.8. The molecule has 162 valence electrons. The molecule has 0 N–H and O–H groups in total. The maximum absolute atomic E-state index is 12.7. The lowest BCUT2D eigenvalue weighted by atomic mass is 9.63. The summed E-state index contributed by atoms with van der Waals surface area (Å²) in [6.45, 7) is 11.8. The van der Waals surface area contributed by atoms with E-state index in [1.54, 1.807) is 11.0 Å². The van der Waals surface area contributed by atoms with Crippen LogP contribution in [0.1, 0.15) is 62.2 Å². The fourth-order valence-electron chi connectivity index (χ4n) is 5.00. The summed E-state index contributed by atoms with van der Waals surface area (Å²) in [7, 11) is 0.